The van der Waals surface area contributed by atoms with Crippen LogP contribution in [-0.4, -0.2) is 41.9 Å². The molecule has 1 aliphatic carbocycles. The van der Waals surface area contributed by atoms with Crippen LogP contribution in [0.4, 0.5) is 10.1 Å². The number of rotatable bonds is 3. The maximum Gasteiger partial charge on any atom is 0.225 e. The van der Waals surface area contributed by atoms with Gasteiger partial charge < -0.3 is 10.6 Å². The summed E-state index contributed by atoms with van der Waals surface area (Å²) in [7, 11) is 0. The first-order valence-corrected chi connectivity index (χ1v) is 8.67. The van der Waals surface area contributed by atoms with E-state index in [1.54, 1.807) is 0 Å². The van der Waals surface area contributed by atoms with Crippen LogP contribution in [0, 0.1) is 11.7 Å². The summed E-state index contributed by atoms with van der Waals surface area (Å²) in [5.41, 5.74) is 6.70. The molecule has 1 heterocycles. The number of carbonyl (C=O) groups excluding carboxylic acids is 1. The fraction of sp³-hybridized carbons (Fsp3) is 0.588. The van der Waals surface area contributed by atoms with Crippen molar-refractivity contribution in [2.45, 2.75) is 32.2 Å². The monoisotopic (exact) mass is 339 g/mol. The van der Waals surface area contributed by atoms with Crippen LogP contribution in [0.25, 0.3) is 0 Å². The summed E-state index contributed by atoms with van der Waals surface area (Å²) in [4.78, 5) is 16.6. The van der Waals surface area contributed by atoms with Crippen LogP contribution in [0.3, 0.4) is 0 Å². The number of amides is 1. The van der Waals surface area contributed by atoms with Crippen molar-refractivity contribution in [2.24, 2.45) is 5.92 Å². The second-order valence-corrected chi connectivity index (χ2v) is 6.93. The van der Waals surface area contributed by atoms with Crippen LogP contribution in [0.5, 0.6) is 0 Å². The number of hydrogen-bond donors (Lipinski definition) is 1. The van der Waals surface area contributed by atoms with Crippen molar-refractivity contribution in [2.75, 3.05) is 31.9 Å². The van der Waals surface area contributed by atoms with E-state index in [1.807, 2.05) is 4.90 Å². The molecule has 1 aliphatic heterocycles. The van der Waals surface area contributed by atoms with Gasteiger partial charge in [-0.25, -0.2) is 4.39 Å². The molecule has 0 aromatic heterocycles. The third-order valence-electron chi connectivity index (χ3n) is 4.92. The normalized spacial score (nSPS) is 20.2. The maximum atomic E-state index is 13.5. The Kier molecular flexibility index (Phi) is 5.07. The molecular weight excluding hydrogens is 317 g/mol. The molecule has 23 heavy (non-hydrogen) atoms. The Bertz CT molecular complexity index is 581. The van der Waals surface area contributed by atoms with E-state index >= 15 is 0 Å². The topological polar surface area (TPSA) is 49.6 Å². The lowest BCUT2D eigenvalue weighted by Gasteiger charge is -2.36. The number of benzene rings is 1. The molecule has 0 bridgehead atoms. The molecule has 2 fully saturated rings. The van der Waals surface area contributed by atoms with E-state index in [2.05, 4.69) is 4.90 Å². The third kappa shape index (κ3) is 3.78. The summed E-state index contributed by atoms with van der Waals surface area (Å²) in [6.45, 7) is 3.60. The summed E-state index contributed by atoms with van der Waals surface area (Å²) in [6, 6.07) is 2.68. The van der Waals surface area contributed by atoms with Gasteiger partial charge in [-0.05, 0) is 30.5 Å². The van der Waals surface area contributed by atoms with E-state index in [0.717, 1.165) is 39.0 Å². The summed E-state index contributed by atoms with van der Waals surface area (Å²) in [5, 5.41) is 0.427. The predicted octanol–water partition coefficient (Wildman–Crippen LogP) is 2.90. The standard InChI is InChI=1S/C17H23ClFN3O/c18-16-13(9-14(19)10-15(16)20)11-21-5-7-22(8-6-21)17(23)12-3-1-2-4-12/h9-10,12H,1-8,11,20H2. The molecule has 2 aliphatic rings. The van der Waals surface area contributed by atoms with Crippen molar-refractivity contribution in [1.82, 2.24) is 9.80 Å². The molecule has 0 radical (unpaired) electrons. The largest absolute Gasteiger partial charge is 0.397 e. The zero-order valence-corrected chi connectivity index (χ0v) is 14.0. The van der Waals surface area contributed by atoms with Gasteiger partial charge in [0, 0.05) is 38.6 Å². The lowest BCUT2D eigenvalue weighted by Crippen LogP contribution is -2.49. The molecule has 0 spiro atoms. The number of hydrogen-bond acceptors (Lipinski definition) is 3. The number of anilines is 1. The average Bonchev–Trinajstić information content (AvgIpc) is 3.06. The Balaban J connectivity index is 1.56. The van der Waals surface area contributed by atoms with Crippen molar-refractivity contribution in [1.29, 1.82) is 0 Å². The molecule has 1 amide bonds. The molecule has 4 nitrogen and oxygen atoms in total. The Morgan fingerprint density at radius 2 is 1.87 bits per heavy atom. The third-order valence-corrected chi connectivity index (χ3v) is 5.38. The smallest absolute Gasteiger partial charge is 0.225 e. The van der Waals surface area contributed by atoms with Crippen molar-refractivity contribution in [3.8, 4) is 0 Å². The summed E-state index contributed by atoms with van der Waals surface area (Å²) >= 11 is 6.17. The minimum atomic E-state index is -0.364. The van der Waals surface area contributed by atoms with E-state index < -0.39 is 0 Å². The van der Waals surface area contributed by atoms with Gasteiger partial charge in [-0.3, -0.25) is 9.69 Å². The first-order chi connectivity index (χ1) is 11.0. The highest BCUT2D eigenvalue weighted by atomic mass is 35.5. The van der Waals surface area contributed by atoms with Gasteiger partial charge in [0.25, 0.3) is 0 Å². The van der Waals surface area contributed by atoms with E-state index in [1.165, 1.54) is 25.0 Å². The molecule has 1 saturated heterocycles. The maximum absolute atomic E-state index is 13.5. The highest BCUT2D eigenvalue weighted by Gasteiger charge is 2.29. The zero-order valence-electron chi connectivity index (χ0n) is 13.2. The number of nitrogens with zero attached hydrogens (tertiary/aromatic N) is 2. The molecule has 1 aromatic carbocycles. The summed E-state index contributed by atoms with van der Waals surface area (Å²) in [6.07, 6.45) is 4.43. The van der Waals surface area contributed by atoms with Gasteiger partial charge >= 0.3 is 0 Å². The Morgan fingerprint density at radius 1 is 1.22 bits per heavy atom. The molecular formula is C17H23ClFN3O. The van der Waals surface area contributed by atoms with Crippen LogP contribution in [0.1, 0.15) is 31.2 Å². The van der Waals surface area contributed by atoms with E-state index in [-0.39, 0.29) is 17.4 Å². The second kappa shape index (κ2) is 7.05. The Labute approximate surface area is 141 Å². The SMILES string of the molecule is Nc1cc(F)cc(CN2CCN(C(=O)C3CCCC3)CC2)c1Cl. The molecule has 1 saturated carbocycles. The van der Waals surface area contributed by atoms with Gasteiger partial charge in [-0.2, -0.15) is 0 Å². The number of piperazine rings is 1. The quantitative estimate of drug-likeness (QED) is 0.861. The molecule has 126 valence electrons. The van der Waals surface area contributed by atoms with Gasteiger partial charge in [0.05, 0.1) is 10.7 Å². The van der Waals surface area contributed by atoms with E-state index in [0.29, 0.717) is 23.0 Å². The molecule has 6 heteroatoms. The van der Waals surface area contributed by atoms with Crippen LogP contribution in [0.15, 0.2) is 12.1 Å². The highest BCUT2D eigenvalue weighted by molar-refractivity contribution is 6.33. The van der Waals surface area contributed by atoms with E-state index in [9.17, 15) is 9.18 Å². The first kappa shape index (κ1) is 16.5. The van der Waals surface area contributed by atoms with Crippen LogP contribution in [0.2, 0.25) is 5.02 Å². The molecule has 0 unspecified atom stereocenters. The Hall–Kier alpha value is -1.33. The summed E-state index contributed by atoms with van der Waals surface area (Å²) in [5.74, 6) is 0.186. The van der Waals surface area contributed by atoms with Crippen LogP contribution >= 0.6 is 11.6 Å². The highest BCUT2D eigenvalue weighted by Crippen LogP contribution is 2.28. The Morgan fingerprint density at radius 3 is 2.52 bits per heavy atom. The van der Waals surface area contributed by atoms with Gasteiger partial charge in [0.2, 0.25) is 5.91 Å². The lowest BCUT2D eigenvalue weighted by molar-refractivity contribution is -0.137. The van der Waals surface area contributed by atoms with Gasteiger partial charge in [-0.15, -0.1) is 0 Å². The minimum absolute atomic E-state index is 0.235. The number of halogens is 2. The van der Waals surface area contributed by atoms with Crippen molar-refractivity contribution >= 4 is 23.2 Å². The second-order valence-electron chi connectivity index (χ2n) is 6.55. The van der Waals surface area contributed by atoms with Gasteiger partial charge in [0.1, 0.15) is 5.82 Å². The predicted molar refractivity (Wildman–Crippen MR) is 89.6 cm³/mol. The van der Waals surface area contributed by atoms with Gasteiger partial charge in [-0.1, -0.05) is 24.4 Å². The minimum Gasteiger partial charge on any atom is -0.397 e. The number of nitrogens with two attached hydrogens (primary N) is 1. The molecule has 0 atom stereocenters. The fourth-order valence-electron chi connectivity index (χ4n) is 3.58. The summed E-state index contributed by atoms with van der Waals surface area (Å²) < 4.78 is 13.5. The van der Waals surface area contributed by atoms with Crippen LogP contribution < -0.4 is 5.73 Å². The van der Waals surface area contributed by atoms with E-state index in [4.69, 9.17) is 17.3 Å². The molecule has 2 N–H and O–H groups in total. The average molecular weight is 340 g/mol. The molecule has 1 aromatic rings. The van der Waals surface area contributed by atoms with Gasteiger partial charge in [0.15, 0.2) is 0 Å². The van der Waals surface area contributed by atoms with Crippen molar-refractivity contribution in [3.63, 3.8) is 0 Å². The first-order valence-electron chi connectivity index (χ1n) is 8.29. The van der Waals surface area contributed by atoms with Crippen molar-refractivity contribution in [3.05, 3.63) is 28.5 Å². The lowest BCUT2D eigenvalue weighted by atomic mass is 10.1. The number of carbonyl (C=O) groups is 1. The molecule has 3 rings (SSSR count). The number of nitrogen functional groups attached to an aromatic ring is 1. The van der Waals surface area contributed by atoms with Crippen molar-refractivity contribution < 1.29 is 9.18 Å². The van der Waals surface area contributed by atoms with Crippen LogP contribution in [-0.2, 0) is 11.3 Å². The fourth-order valence-corrected chi connectivity index (χ4v) is 3.75. The zero-order chi connectivity index (χ0) is 16.4.